The Morgan fingerprint density at radius 3 is 2.44 bits per heavy atom. The zero-order chi connectivity index (χ0) is 18.4. The van der Waals surface area contributed by atoms with Crippen LogP contribution in [0.3, 0.4) is 0 Å². The summed E-state index contributed by atoms with van der Waals surface area (Å²) >= 11 is 0. The highest BCUT2D eigenvalue weighted by Gasteiger charge is 2.76. The van der Waals surface area contributed by atoms with Crippen molar-refractivity contribution in [3.05, 3.63) is 12.2 Å². The summed E-state index contributed by atoms with van der Waals surface area (Å²) in [6.45, 7) is 7.89. The number of carbonyl (C=O) groups is 2. The first-order valence-electron chi connectivity index (χ1n) is 9.41. The molecule has 0 unspecified atom stereocenters. The second-order valence-electron chi connectivity index (χ2n) is 9.54. The molecule has 2 bridgehead atoms. The monoisotopic (exact) mass is 348 g/mol. The predicted octanol–water partition coefficient (Wildman–Crippen LogP) is 2.93. The van der Waals surface area contributed by atoms with Gasteiger partial charge in [0.05, 0.1) is 17.4 Å². The molecule has 25 heavy (non-hydrogen) atoms. The summed E-state index contributed by atoms with van der Waals surface area (Å²) in [4.78, 5) is 24.7. The van der Waals surface area contributed by atoms with Crippen molar-refractivity contribution in [2.24, 2.45) is 39.9 Å². The van der Waals surface area contributed by atoms with Crippen molar-refractivity contribution in [1.82, 2.24) is 0 Å². The SMILES string of the molecule is C=C1C[C@]23C[C@H]1CC[C@H]2[C@]1(C)CC[C@H](O)[C@@](C)(C(=O)O)[C@H]1[C@H]3C(=O)O. The van der Waals surface area contributed by atoms with Crippen LogP contribution in [0.5, 0.6) is 0 Å². The standard InChI is InChI=1S/C20H28O5/c1-10-8-20-9-11(10)4-5-12(20)18(2)7-6-13(21)19(3,17(24)25)15(18)14(20)16(22)23/h11-15,21H,1,4-9H2,2-3H3,(H,22,23)(H,24,25)/t11-,12+,13+,14+,15+,18+,19-,20+/m1/s1. The summed E-state index contributed by atoms with van der Waals surface area (Å²) in [5.74, 6) is -2.65. The lowest BCUT2D eigenvalue weighted by Gasteiger charge is -2.52. The molecule has 0 radical (unpaired) electrons. The lowest BCUT2D eigenvalue weighted by molar-refractivity contribution is -0.181. The van der Waals surface area contributed by atoms with E-state index in [1.54, 1.807) is 6.92 Å². The van der Waals surface area contributed by atoms with Crippen molar-refractivity contribution < 1.29 is 24.9 Å². The minimum Gasteiger partial charge on any atom is -0.481 e. The summed E-state index contributed by atoms with van der Waals surface area (Å²) in [5.41, 5.74) is -1.01. The summed E-state index contributed by atoms with van der Waals surface area (Å²) in [5, 5.41) is 30.8. The Kier molecular flexibility index (Phi) is 3.33. The third-order valence-electron chi connectivity index (χ3n) is 8.74. The summed E-state index contributed by atoms with van der Waals surface area (Å²) < 4.78 is 0. The van der Waals surface area contributed by atoms with E-state index < -0.39 is 35.3 Å². The van der Waals surface area contributed by atoms with Crippen molar-refractivity contribution >= 4 is 11.9 Å². The molecule has 4 aliphatic rings. The van der Waals surface area contributed by atoms with Gasteiger partial charge in [-0.1, -0.05) is 19.1 Å². The van der Waals surface area contributed by atoms with Crippen molar-refractivity contribution in [2.45, 2.75) is 58.5 Å². The highest BCUT2D eigenvalue weighted by Crippen LogP contribution is 2.77. The van der Waals surface area contributed by atoms with E-state index in [4.69, 9.17) is 0 Å². The molecular formula is C20H28O5. The van der Waals surface area contributed by atoms with Gasteiger partial charge in [-0.2, -0.15) is 0 Å². The van der Waals surface area contributed by atoms with E-state index in [9.17, 15) is 24.9 Å². The first-order valence-corrected chi connectivity index (χ1v) is 9.41. The molecule has 0 aromatic carbocycles. The fourth-order valence-electron chi connectivity index (χ4n) is 7.82. The molecular weight excluding hydrogens is 320 g/mol. The molecule has 8 atom stereocenters. The highest BCUT2D eigenvalue weighted by atomic mass is 16.4. The number of allylic oxidation sites excluding steroid dienone is 1. The molecule has 4 rings (SSSR count). The Morgan fingerprint density at radius 1 is 1.16 bits per heavy atom. The predicted molar refractivity (Wildman–Crippen MR) is 90.7 cm³/mol. The molecule has 0 heterocycles. The maximum Gasteiger partial charge on any atom is 0.312 e. The number of rotatable bonds is 2. The molecule has 5 heteroatoms. The fourth-order valence-corrected chi connectivity index (χ4v) is 7.82. The Labute approximate surface area is 148 Å². The van der Waals surface area contributed by atoms with Crippen LogP contribution in [0.1, 0.15) is 52.4 Å². The Bertz CT molecular complexity index is 671. The van der Waals surface area contributed by atoms with Crippen molar-refractivity contribution in [1.29, 1.82) is 0 Å². The van der Waals surface area contributed by atoms with E-state index in [1.807, 2.05) is 0 Å². The fraction of sp³-hybridized carbons (Fsp3) is 0.800. The van der Waals surface area contributed by atoms with E-state index in [1.165, 1.54) is 0 Å². The third-order valence-corrected chi connectivity index (χ3v) is 8.74. The number of carboxylic acids is 2. The normalized spacial score (nSPS) is 54.0. The molecule has 1 spiro atoms. The minimum absolute atomic E-state index is 0.202. The molecule has 0 aliphatic heterocycles. The molecule has 138 valence electrons. The lowest BCUT2D eigenvalue weighted by atomic mass is 9.52. The van der Waals surface area contributed by atoms with Gasteiger partial charge in [-0.3, -0.25) is 9.59 Å². The van der Waals surface area contributed by atoms with E-state index in [0.29, 0.717) is 25.2 Å². The van der Waals surface area contributed by atoms with Crippen LogP contribution < -0.4 is 0 Å². The highest BCUT2D eigenvalue weighted by molar-refractivity contribution is 5.80. The van der Waals surface area contributed by atoms with Crippen molar-refractivity contribution in [2.75, 3.05) is 0 Å². The molecule has 4 aliphatic carbocycles. The van der Waals surface area contributed by atoms with Crippen molar-refractivity contribution in [3.63, 3.8) is 0 Å². The van der Waals surface area contributed by atoms with Gasteiger partial charge in [0.1, 0.15) is 0 Å². The molecule has 0 saturated heterocycles. The van der Waals surface area contributed by atoms with Crippen molar-refractivity contribution in [3.8, 4) is 0 Å². The van der Waals surface area contributed by atoms with E-state index in [-0.39, 0.29) is 16.7 Å². The topological polar surface area (TPSA) is 94.8 Å². The van der Waals surface area contributed by atoms with Gasteiger partial charge in [0.15, 0.2) is 0 Å². The van der Waals surface area contributed by atoms with Crippen LogP contribution in [-0.4, -0.2) is 33.4 Å². The lowest BCUT2D eigenvalue weighted by Crippen LogP contribution is -2.57. The molecule has 0 aromatic rings. The van der Waals surface area contributed by atoms with Gasteiger partial charge in [-0.25, -0.2) is 0 Å². The average Bonchev–Trinajstić information content (AvgIpc) is 2.91. The second-order valence-corrected chi connectivity index (χ2v) is 9.54. The largest absolute Gasteiger partial charge is 0.481 e. The number of aliphatic hydroxyl groups is 1. The van der Waals surface area contributed by atoms with Gasteiger partial charge in [-0.15, -0.1) is 0 Å². The Hall–Kier alpha value is -1.36. The van der Waals surface area contributed by atoms with Gasteiger partial charge >= 0.3 is 11.9 Å². The van der Waals surface area contributed by atoms with Gasteiger partial charge < -0.3 is 15.3 Å². The summed E-state index contributed by atoms with van der Waals surface area (Å²) in [6.07, 6.45) is 3.65. The van der Waals surface area contributed by atoms with Crippen LogP contribution in [0, 0.1) is 39.9 Å². The third kappa shape index (κ3) is 1.78. The van der Waals surface area contributed by atoms with Gasteiger partial charge in [-0.05, 0) is 74.0 Å². The molecule has 3 N–H and O–H groups in total. The number of fused-ring (bicyclic) bond motifs is 3. The van der Waals surface area contributed by atoms with Crippen LogP contribution in [0.2, 0.25) is 0 Å². The van der Waals surface area contributed by atoms with Crippen LogP contribution in [0.4, 0.5) is 0 Å². The van der Waals surface area contributed by atoms with E-state index in [0.717, 1.165) is 24.8 Å². The molecule has 0 amide bonds. The number of hydrogen-bond donors (Lipinski definition) is 3. The number of aliphatic hydroxyl groups excluding tert-OH is 1. The molecule has 5 nitrogen and oxygen atoms in total. The maximum atomic E-state index is 12.5. The number of carboxylic acid groups (broad SMARTS) is 2. The second kappa shape index (κ2) is 4.87. The van der Waals surface area contributed by atoms with Gasteiger partial charge in [0.25, 0.3) is 0 Å². The molecule has 4 fully saturated rings. The minimum atomic E-state index is -1.42. The smallest absolute Gasteiger partial charge is 0.312 e. The van der Waals surface area contributed by atoms with Gasteiger partial charge in [0.2, 0.25) is 0 Å². The number of hydrogen-bond acceptors (Lipinski definition) is 3. The zero-order valence-electron chi connectivity index (χ0n) is 15.0. The molecule has 4 saturated carbocycles. The van der Waals surface area contributed by atoms with Crippen LogP contribution in [0.25, 0.3) is 0 Å². The van der Waals surface area contributed by atoms with E-state index in [2.05, 4.69) is 13.5 Å². The van der Waals surface area contributed by atoms with Crippen LogP contribution >= 0.6 is 0 Å². The quantitative estimate of drug-likeness (QED) is 0.667. The Morgan fingerprint density at radius 2 is 1.84 bits per heavy atom. The summed E-state index contributed by atoms with van der Waals surface area (Å²) in [7, 11) is 0. The van der Waals surface area contributed by atoms with E-state index >= 15 is 0 Å². The first-order chi connectivity index (χ1) is 11.6. The number of aliphatic carboxylic acids is 2. The first kappa shape index (κ1) is 17.1. The summed E-state index contributed by atoms with van der Waals surface area (Å²) in [6, 6.07) is 0. The maximum absolute atomic E-state index is 12.5. The van der Waals surface area contributed by atoms with Crippen LogP contribution in [-0.2, 0) is 9.59 Å². The zero-order valence-corrected chi connectivity index (χ0v) is 15.0. The average molecular weight is 348 g/mol. The molecule has 0 aromatic heterocycles. The van der Waals surface area contributed by atoms with Gasteiger partial charge in [0, 0.05) is 0 Å². The Balaban J connectivity index is 1.94. The van der Waals surface area contributed by atoms with Crippen LogP contribution in [0.15, 0.2) is 12.2 Å².